The van der Waals surface area contributed by atoms with Crippen LogP contribution < -0.4 is 5.32 Å². The lowest BCUT2D eigenvalue weighted by Crippen LogP contribution is -2.20. The van der Waals surface area contributed by atoms with Gasteiger partial charge in [-0.05, 0) is 41.5 Å². The van der Waals surface area contributed by atoms with E-state index in [2.05, 4.69) is 5.32 Å². The molecular formula is C16H13F2NO. The van der Waals surface area contributed by atoms with Gasteiger partial charge in [0, 0.05) is 12.6 Å². The second-order valence-electron chi connectivity index (χ2n) is 4.24. The maximum atomic E-state index is 12.9. The van der Waals surface area contributed by atoms with Crippen LogP contribution in [0.2, 0.25) is 0 Å². The van der Waals surface area contributed by atoms with E-state index in [1.807, 2.05) is 0 Å². The molecule has 2 rings (SSSR count). The molecule has 0 spiro atoms. The Morgan fingerprint density at radius 1 is 1.05 bits per heavy atom. The van der Waals surface area contributed by atoms with Gasteiger partial charge in [-0.2, -0.15) is 0 Å². The first kappa shape index (κ1) is 13.9. The number of nitrogens with one attached hydrogen (secondary N) is 1. The normalized spacial score (nSPS) is 10.7. The van der Waals surface area contributed by atoms with Gasteiger partial charge in [-0.15, -0.1) is 0 Å². The molecule has 1 N–H and O–H groups in total. The largest absolute Gasteiger partial charge is 0.348 e. The van der Waals surface area contributed by atoms with Crippen molar-refractivity contribution in [3.05, 3.63) is 77.4 Å². The number of halogens is 2. The van der Waals surface area contributed by atoms with Crippen molar-refractivity contribution in [1.82, 2.24) is 5.32 Å². The zero-order chi connectivity index (χ0) is 14.4. The van der Waals surface area contributed by atoms with Gasteiger partial charge in [-0.1, -0.05) is 24.3 Å². The van der Waals surface area contributed by atoms with E-state index in [0.717, 1.165) is 0 Å². The second kappa shape index (κ2) is 6.61. The lowest BCUT2D eigenvalue weighted by Gasteiger charge is -2.02. The SMILES string of the molecule is O=C(/C=C/c1cccc(F)c1)NCc1cccc(F)c1. The molecule has 2 nitrogen and oxygen atoms in total. The smallest absolute Gasteiger partial charge is 0.244 e. The maximum Gasteiger partial charge on any atom is 0.244 e. The van der Waals surface area contributed by atoms with E-state index in [9.17, 15) is 13.6 Å². The van der Waals surface area contributed by atoms with Crippen molar-refractivity contribution in [3.63, 3.8) is 0 Å². The number of carbonyl (C=O) groups excluding carboxylic acids is 1. The molecule has 0 aliphatic heterocycles. The summed E-state index contributed by atoms with van der Waals surface area (Å²) in [6, 6.07) is 11.9. The third kappa shape index (κ3) is 4.31. The number of amides is 1. The van der Waals surface area contributed by atoms with E-state index in [4.69, 9.17) is 0 Å². The highest BCUT2D eigenvalue weighted by molar-refractivity contribution is 5.91. The van der Waals surface area contributed by atoms with Crippen molar-refractivity contribution in [2.45, 2.75) is 6.54 Å². The number of carbonyl (C=O) groups is 1. The third-order valence-electron chi connectivity index (χ3n) is 2.63. The van der Waals surface area contributed by atoms with Crippen LogP contribution in [0.1, 0.15) is 11.1 Å². The van der Waals surface area contributed by atoms with Gasteiger partial charge in [-0.3, -0.25) is 4.79 Å². The van der Waals surface area contributed by atoms with Crippen molar-refractivity contribution in [1.29, 1.82) is 0 Å². The lowest BCUT2D eigenvalue weighted by atomic mass is 10.2. The van der Waals surface area contributed by atoms with E-state index in [1.54, 1.807) is 24.3 Å². The number of hydrogen-bond donors (Lipinski definition) is 1. The van der Waals surface area contributed by atoms with Crippen molar-refractivity contribution in [3.8, 4) is 0 Å². The van der Waals surface area contributed by atoms with Crippen LogP contribution in [-0.4, -0.2) is 5.91 Å². The van der Waals surface area contributed by atoms with E-state index < -0.39 is 0 Å². The average molecular weight is 273 g/mol. The van der Waals surface area contributed by atoms with E-state index >= 15 is 0 Å². The fourth-order valence-corrected chi connectivity index (χ4v) is 1.68. The zero-order valence-electron chi connectivity index (χ0n) is 10.6. The summed E-state index contributed by atoms with van der Waals surface area (Å²) in [6.07, 6.45) is 2.83. The molecule has 20 heavy (non-hydrogen) atoms. The highest BCUT2D eigenvalue weighted by Crippen LogP contribution is 2.05. The Hall–Kier alpha value is -2.49. The Morgan fingerprint density at radius 3 is 2.45 bits per heavy atom. The Morgan fingerprint density at radius 2 is 1.75 bits per heavy atom. The molecule has 0 atom stereocenters. The number of benzene rings is 2. The van der Waals surface area contributed by atoms with Gasteiger partial charge >= 0.3 is 0 Å². The van der Waals surface area contributed by atoms with Crippen LogP contribution in [0, 0.1) is 11.6 Å². The molecule has 0 fully saturated rings. The van der Waals surface area contributed by atoms with Crippen LogP contribution in [0.15, 0.2) is 54.6 Å². The minimum atomic E-state index is -0.354. The predicted octanol–water partition coefficient (Wildman–Crippen LogP) is 3.29. The minimum Gasteiger partial charge on any atom is -0.348 e. The van der Waals surface area contributed by atoms with Crippen LogP contribution >= 0.6 is 0 Å². The predicted molar refractivity (Wildman–Crippen MR) is 73.7 cm³/mol. The summed E-state index contributed by atoms with van der Waals surface area (Å²) in [6.45, 7) is 0.240. The second-order valence-corrected chi connectivity index (χ2v) is 4.24. The fraction of sp³-hybridized carbons (Fsp3) is 0.0625. The molecule has 0 bridgehead atoms. The van der Waals surface area contributed by atoms with Crippen molar-refractivity contribution < 1.29 is 13.6 Å². The number of rotatable bonds is 4. The van der Waals surface area contributed by atoms with E-state index in [-0.39, 0.29) is 24.1 Å². The molecule has 1 amide bonds. The summed E-state index contributed by atoms with van der Waals surface area (Å²) in [7, 11) is 0. The summed E-state index contributed by atoms with van der Waals surface area (Å²) >= 11 is 0. The first-order valence-electron chi connectivity index (χ1n) is 6.09. The monoisotopic (exact) mass is 273 g/mol. The van der Waals surface area contributed by atoms with Crippen LogP contribution in [0.3, 0.4) is 0 Å². The molecule has 4 heteroatoms. The van der Waals surface area contributed by atoms with Gasteiger partial charge in [0.15, 0.2) is 0 Å². The summed E-state index contributed by atoms with van der Waals surface area (Å²) in [5.74, 6) is -1.02. The minimum absolute atomic E-state index is 0.240. The van der Waals surface area contributed by atoms with Crippen LogP contribution in [-0.2, 0) is 11.3 Å². The van der Waals surface area contributed by atoms with Crippen molar-refractivity contribution in [2.24, 2.45) is 0 Å². The first-order chi connectivity index (χ1) is 9.63. The summed E-state index contributed by atoms with van der Waals surface area (Å²) in [5, 5.41) is 2.62. The molecule has 0 saturated heterocycles. The molecule has 0 unspecified atom stereocenters. The average Bonchev–Trinajstić information content (AvgIpc) is 2.43. The highest BCUT2D eigenvalue weighted by atomic mass is 19.1. The van der Waals surface area contributed by atoms with Gasteiger partial charge in [0.05, 0.1) is 0 Å². The molecule has 0 heterocycles. The Labute approximate surface area is 115 Å². The molecule has 2 aromatic rings. The Kier molecular flexibility index (Phi) is 4.60. The molecule has 102 valence electrons. The molecule has 0 saturated carbocycles. The maximum absolute atomic E-state index is 12.9. The van der Waals surface area contributed by atoms with Gasteiger partial charge in [0.1, 0.15) is 11.6 Å². The van der Waals surface area contributed by atoms with Crippen LogP contribution in [0.4, 0.5) is 8.78 Å². The molecule has 0 aliphatic rings. The number of hydrogen-bond acceptors (Lipinski definition) is 1. The quantitative estimate of drug-likeness (QED) is 0.851. The molecule has 0 aliphatic carbocycles. The topological polar surface area (TPSA) is 29.1 Å². The third-order valence-corrected chi connectivity index (χ3v) is 2.63. The molecular weight excluding hydrogens is 260 g/mol. The zero-order valence-corrected chi connectivity index (χ0v) is 10.6. The van der Waals surface area contributed by atoms with Gasteiger partial charge in [0.25, 0.3) is 0 Å². The van der Waals surface area contributed by atoms with Crippen LogP contribution in [0.25, 0.3) is 6.08 Å². The fourth-order valence-electron chi connectivity index (χ4n) is 1.68. The van der Waals surface area contributed by atoms with Crippen molar-refractivity contribution in [2.75, 3.05) is 0 Å². The standard InChI is InChI=1S/C16H13F2NO/c17-14-5-1-3-12(9-14)7-8-16(20)19-11-13-4-2-6-15(18)10-13/h1-10H,11H2,(H,19,20)/b8-7+. The van der Waals surface area contributed by atoms with Gasteiger partial charge in [0.2, 0.25) is 5.91 Å². The van der Waals surface area contributed by atoms with Crippen LogP contribution in [0.5, 0.6) is 0 Å². The molecule has 2 aromatic carbocycles. The Balaban J connectivity index is 1.89. The van der Waals surface area contributed by atoms with Gasteiger partial charge < -0.3 is 5.32 Å². The Bertz CT molecular complexity index is 638. The van der Waals surface area contributed by atoms with Gasteiger partial charge in [-0.25, -0.2) is 8.78 Å². The molecule has 0 radical (unpaired) electrons. The lowest BCUT2D eigenvalue weighted by molar-refractivity contribution is -0.116. The first-order valence-corrected chi connectivity index (χ1v) is 6.09. The summed E-state index contributed by atoms with van der Waals surface area (Å²) < 4.78 is 25.9. The summed E-state index contributed by atoms with van der Waals surface area (Å²) in [4.78, 5) is 11.6. The molecule has 0 aromatic heterocycles. The van der Waals surface area contributed by atoms with Crippen molar-refractivity contribution >= 4 is 12.0 Å². The highest BCUT2D eigenvalue weighted by Gasteiger charge is 1.98. The van der Waals surface area contributed by atoms with E-state index in [0.29, 0.717) is 11.1 Å². The van der Waals surface area contributed by atoms with E-state index in [1.165, 1.54) is 36.4 Å². The summed E-state index contributed by atoms with van der Waals surface area (Å²) in [5.41, 5.74) is 1.28.